The van der Waals surface area contributed by atoms with Gasteiger partial charge < -0.3 is 14.9 Å². The summed E-state index contributed by atoms with van der Waals surface area (Å²) in [5, 5.41) is 19.1. The summed E-state index contributed by atoms with van der Waals surface area (Å²) < 4.78 is 5.94. The van der Waals surface area contributed by atoms with E-state index >= 15 is 0 Å². The van der Waals surface area contributed by atoms with Crippen molar-refractivity contribution in [3.8, 4) is 11.5 Å². The van der Waals surface area contributed by atoms with Gasteiger partial charge in [0.15, 0.2) is 11.5 Å². The molecule has 2 N–H and O–H groups in total. The van der Waals surface area contributed by atoms with Gasteiger partial charge in [-0.15, -0.1) is 0 Å². The van der Waals surface area contributed by atoms with Crippen molar-refractivity contribution in [2.24, 2.45) is 0 Å². The number of nitrogens with zero attached hydrogens (tertiary/aromatic N) is 1. The molecule has 2 rings (SSSR count). The molecule has 20 heavy (non-hydrogen) atoms. The van der Waals surface area contributed by atoms with Crippen molar-refractivity contribution in [3.05, 3.63) is 22.2 Å². The SMILES string of the molecule is CCOc1cc(CN2CCC[C@@H]2C(=O)O)cc(Br)c1O. The number of likely N-dealkylation sites (tertiary alicyclic amines) is 1. The Labute approximate surface area is 126 Å². The van der Waals surface area contributed by atoms with E-state index in [2.05, 4.69) is 15.9 Å². The van der Waals surface area contributed by atoms with E-state index in [1.54, 1.807) is 12.1 Å². The third-order valence-electron chi connectivity index (χ3n) is 3.42. The minimum atomic E-state index is -0.773. The molecule has 1 saturated heterocycles. The zero-order valence-corrected chi connectivity index (χ0v) is 12.9. The number of aromatic hydroxyl groups is 1. The number of aliphatic carboxylic acids is 1. The van der Waals surface area contributed by atoms with Gasteiger partial charge >= 0.3 is 5.97 Å². The Morgan fingerprint density at radius 2 is 2.30 bits per heavy atom. The van der Waals surface area contributed by atoms with Gasteiger partial charge in [0.2, 0.25) is 0 Å². The fourth-order valence-corrected chi connectivity index (χ4v) is 3.00. The Hall–Kier alpha value is -1.27. The first-order chi connectivity index (χ1) is 9.52. The summed E-state index contributed by atoms with van der Waals surface area (Å²) in [6.45, 7) is 3.63. The lowest BCUT2D eigenvalue weighted by Crippen LogP contribution is -2.35. The lowest BCUT2D eigenvalue weighted by Gasteiger charge is -2.21. The van der Waals surface area contributed by atoms with Crippen LogP contribution in [-0.2, 0) is 11.3 Å². The molecule has 1 aromatic rings. The molecule has 6 heteroatoms. The maximum absolute atomic E-state index is 11.2. The van der Waals surface area contributed by atoms with Crippen molar-refractivity contribution < 1.29 is 19.7 Å². The summed E-state index contributed by atoms with van der Waals surface area (Å²) in [4.78, 5) is 13.1. The van der Waals surface area contributed by atoms with Crippen LogP contribution in [0.15, 0.2) is 16.6 Å². The van der Waals surface area contributed by atoms with Gasteiger partial charge in [0, 0.05) is 6.54 Å². The average Bonchev–Trinajstić information content (AvgIpc) is 2.84. The average molecular weight is 344 g/mol. The number of ether oxygens (including phenoxy) is 1. The van der Waals surface area contributed by atoms with Crippen LogP contribution < -0.4 is 4.74 Å². The van der Waals surface area contributed by atoms with Gasteiger partial charge in [-0.1, -0.05) is 0 Å². The molecule has 1 aliphatic heterocycles. The number of phenols is 1. The van der Waals surface area contributed by atoms with Gasteiger partial charge in [0.25, 0.3) is 0 Å². The highest BCUT2D eigenvalue weighted by Gasteiger charge is 2.30. The molecule has 1 aliphatic rings. The first kappa shape index (κ1) is 15.1. The fraction of sp³-hybridized carbons (Fsp3) is 0.500. The normalized spacial score (nSPS) is 19.2. The fourth-order valence-electron chi connectivity index (χ4n) is 2.51. The Bertz CT molecular complexity index is 506. The predicted octanol–water partition coefficient (Wildman–Crippen LogP) is 2.60. The molecule has 0 unspecified atom stereocenters. The van der Waals surface area contributed by atoms with Gasteiger partial charge in [-0.25, -0.2) is 0 Å². The van der Waals surface area contributed by atoms with E-state index in [4.69, 9.17) is 4.74 Å². The number of carboxylic acid groups (broad SMARTS) is 1. The van der Waals surface area contributed by atoms with Crippen LogP contribution in [0.5, 0.6) is 11.5 Å². The van der Waals surface area contributed by atoms with Crippen molar-refractivity contribution in [2.45, 2.75) is 32.4 Å². The summed E-state index contributed by atoms with van der Waals surface area (Å²) in [6, 6.07) is 3.15. The van der Waals surface area contributed by atoms with E-state index in [9.17, 15) is 15.0 Å². The number of rotatable bonds is 5. The standard InChI is InChI=1S/C14H18BrNO4/c1-2-20-12-7-9(6-10(15)13(12)17)8-16-5-3-4-11(16)14(18)19/h6-7,11,17H,2-5,8H2,1H3,(H,18,19)/t11-/m1/s1. The van der Waals surface area contributed by atoms with Crippen molar-refractivity contribution in [1.82, 2.24) is 4.90 Å². The molecule has 0 radical (unpaired) electrons. The third-order valence-corrected chi connectivity index (χ3v) is 4.03. The molecule has 110 valence electrons. The topological polar surface area (TPSA) is 70.0 Å². The molecule has 0 aliphatic carbocycles. The van der Waals surface area contributed by atoms with E-state index in [-0.39, 0.29) is 5.75 Å². The second-order valence-corrected chi connectivity index (χ2v) is 5.68. The summed E-state index contributed by atoms with van der Waals surface area (Å²) in [5.74, 6) is -0.278. The number of halogens is 1. The van der Waals surface area contributed by atoms with E-state index in [1.165, 1.54) is 0 Å². The first-order valence-corrected chi connectivity index (χ1v) is 7.43. The largest absolute Gasteiger partial charge is 0.503 e. The number of benzene rings is 1. The summed E-state index contributed by atoms with van der Waals surface area (Å²) in [6.07, 6.45) is 1.58. The summed E-state index contributed by atoms with van der Waals surface area (Å²) in [5.41, 5.74) is 0.922. The zero-order valence-electron chi connectivity index (χ0n) is 11.3. The van der Waals surface area contributed by atoms with Crippen LogP contribution in [-0.4, -0.2) is 40.3 Å². The predicted molar refractivity (Wildman–Crippen MR) is 78.0 cm³/mol. The molecule has 0 saturated carbocycles. The van der Waals surface area contributed by atoms with Gasteiger partial charge in [0.05, 0.1) is 11.1 Å². The number of hydrogen-bond acceptors (Lipinski definition) is 4. The highest BCUT2D eigenvalue weighted by atomic mass is 79.9. The molecule has 0 bridgehead atoms. The number of hydrogen-bond donors (Lipinski definition) is 2. The molecule has 1 aromatic carbocycles. The van der Waals surface area contributed by atoms with Crippen LogP contribution in [0.2, 0.25) is 0 Å². The van der Waals surface area contributed by atoms with Crippen LogP contribution in [0, 0.1) is 0 Å². The summed E-state index contributed by atoms with van der Waals surface area (Å²) >= 11 is 3.30. The quantitative estimate of drug-likeness (QED) is 0.859. The maximum Gasteiger partial charge on any atom is 0.320 e. The van der Waals surface area contributed by atoms with Crippen LogP contribution in [0.4, 0.5) is 0 Å². The molecule has 1 heterocycles. The maximum atomic E-state index is 11.2. The molecular weight excluding hydrogens is 326 g/mol. The van der Waals surface area contributed by atoms with Gasteiger partial charge in [0.1, 0.15) is 6.04 Å². The van der Waals surface area contributed by atoms with Gasteiger partial charge in [-0.3, -0.25) is 9.69 Å². The van der Waals surface area contributed by atoms with Crippen LogP contribution in [0.3, 0.4) is 0 Å². The van der Waals surface area contributed by atoms with Crippen molar-refractivity contribution in [2.75, 3.05) is 13.2 Å². The monoisotopic (exact) mass is 343 g/mol. The first-order valence-electron chi connectivity index (χ1n) is 6.64. The number of phenolic OH excluding ortho intramolecular Hbond substituents is 1. The summed E-state index contributed by atoms with van der Waals surface area (Å²) in [7, 11) is 0. The zero-order chi connectivity index (χ0) is 14.7. The van der Waals surface area contributed by atoms with E-state index in [0.29, 0.717) is 29.8 Å². The van der Waals surface area contributed by atoms with Crippen molar-refractivity contribution >= 4 is 21.9 Å². The van der Waals surface area contributed by atoms with E-state index < -0.39 is 12.0 Å². The van der Waals surface area contributed by atoms with E-state index in [1.807, 2.05) is 11.8 Å². The molecule has 1 atom stereocenters. The minimum absolute atomic E-state index is 0.0757. The minimum Gasteiger partial charge on any atom is -0.503 e. The third kappa shape index (κ3) is 3.24. The molecule has 0 aromatic heterocycles. The Morgan fingerprint density at radius 1 is 1.55 bits per heavy atom. The Balaban J connectivity index is 2.19. The number of carbonyl (C=O) groups is 1. The van der Waals surface area contributed by atoms with Crippen molar-refractivity contribution in [3.63, 3.8) is 0 Å². The lowest BCUT2D eigenvalue weighted by molar-refractivity contribution is -0.142. The number of carboxylic acids is 1. The molecule has 1 fully saturated rings. The molecule has 5 nitrogen and oxygen atoms in total. The van der Waals surface area contributed by atoms with Crippen LogP contribution in [0.1, 0.15) is 25.3 Å². The highest BCUT2D eigenvalue weighted by Crippen LogP contribution is 2.36. The molecule has 0 amide bonds. The Kier molecular flexibility index (Phi) is 4.88. The lowest BCUT2D eigenvalue weighted by atomic mass is 10.1. The molecule has 0 spiro atoms. The van der Waals surface area contributed by atoms with Crippen LogP contribution in [0.25, 0.3) is 0 Å². The Morgan fingerprint density at radius 3 is 2.95 bits per heavy atom. The van der Waals surface area contributed by atoms with Gasteiger partial charge in [-0.05, 0) is 59.9 Å². The second kappa shape index (κ2) is 6.45. The second-order valence-electron chi connectivity index (χ2n) is 4.82. The van der Waals surface area contributed by atoms with Crippen molar-refractivity contribution in [1.29, 1.82) is 0 Å². The highest BCUT2D eigenvalue weighted by molar-refractivity contribution is 9.10. The smallest absolute Gasteiger partial charge is 0.320 e. The van der Waals surface area contributed by atoms with Gasteiger partial charge in [-0.2, -0.15) is 0 Å². The van der Waals surface area contributed by atoms with Crippen LogP contribution >= 0.6 is 15.9 Å². The van der Waals surface area contributed by atoms with E-state index in [0.717, 1.165) is 18.5 Å². The molecular formula is C14H18BrNO4.